The van der Waals surface area contributed by atoms with E-state index in [-0.39, 0.29) is 5.91 Å². The van der Waals surface area contributed by atoms with Crippen LogP contribution in [0.25, 0.3) is 5.69 Å². The molecule has 0 atom stereocenters. The van der Waals surface area contributed by atoms with Crippen molar-refractivity contribution in [3.05, 3.63) is 63.1 Å². The highest BCUT2D eigenvalue weighted by Gasteiger charge is 2.21. The molecule has 0 aliphatic carbocycles. The van der Waals surface area contributed by atoms with Crippen molar-refractivity contribution >= 4 is 17.2 Å². The third-order valence-corrected chi connectivity index (χ3v) is 5.84. The Morgan fingerprint density at radius 3 is 2.25 bits per heavy atom. The number of aromatic nitrogens is 1. The fourth-order valence-corrected chi connectivity index (χ4v) is 4.25. The first kappa shape index (κ1) is 20.0. The van der Waals surface area contributed by atoms with Gasteiger partial charge in [-0.15, -0.1) is 11.3 Å². The van der Waals surface area contributed by atoms with Gasteiger partial charge in [-0.1, -0.05) is 0 Å². The van der Waals surface area contributed by atoms with Crippen LogP contribution in [0.2, 0.25) is 0 Å². The second-order valence-corrected chi connectivity index (χ2v) is 7.80. The van der Waals surface area contributed by atoms with Gasteiger partial charge in [0.05, 0.1) is 19.9 Å². The summed E-state index contributed by atoms with van der Waals surface area (Å²) in [6, 6.07) is 10.0. The Morgan fingerprint density at radius 1 is 1.04 bits per heavy atom. The smallest absolute Gasteiger partial charge is 0.266 e. The minimum Gasteiger partial charge on any atom is -0.493 e. The Morgan fingerprint density at radius 2 is 1.64 bits per heavy atom. The lowest BCUT2D eigenvalue weighted by molar-refractivity contribution is 0.0789. The van der Waals surface area contributed by atoms with Crippen molar-refractivity contribution in [1.29, 1.82) is 0 Å². The molecule has 0 bridgehead atoms. The maximum Gasteiger partial charge on any atom is 0.266 e. The molecule has 0 N–H and O–H groups in total. The van der Waals surface area contributed by atoms with Gasteiger partial charge in [0.15, 0.2) is 11.5 Å². The zero-order valence-corrected chi connectivity index (χ0v) is 18.0. The fraction of sp³-hybridized carbons (Fsp3) is 0.318. The van der Waals surface area contributed by atoms with Gasteiger partial charge in [-0.05, 0) is 67.6 Å². The SMILES string of the molecule is COc1cc(C)c(CN(C)C(=O)c2sccc2-n2c(C)ccc2C)cc1OC. The predicted molar refractivity (Wildman–Crippen MR) is 113 cm³/mol. The van der Waals surface area contributed by atoms with E-state index in [4.69, 9.17) is 9.47 Å². The third-order valence-electron chi connectivity index (χ3n) is 4.95. The molecule has 0 aliphatic heterocycles. The number of amides is 1. The number of nitrogens with zero attached hydrogens (tertiary/aromatic N) is 2. The molecule has 3 rings (SSSR count). The number of rotatable bonds is 6. The van der Waals surface area contributed by atoms with Crippen LogP contribution < -0.4 is 9.47 Å². The Balaban J connectivity index is 1.89. The fourth-order valence-electron chi connectivity index (χ4n) is 3.38. The van der Waals surface area contributed by atoms with Gasteiger partial charge in [-0.2, -0.15) is 0 Å². The number of hydrogen-bond donors (Lipinski definition) is 0. The molecule has 0 fully saturated rings. The van der Waals surface area contributed by atoms with Gasteiger partial charge >= 0.3 is 0 Å². The molecule has 148 valence electrons. The molecule has 1 aromatic carbocycles. The average Bonchev–Trinajstić information content (AvgIpc) is 3.28. The first-order chi connectivity index (χ1) is 13.4. The van der Waals surface area contributed by atoms with E-state index in [0.29, 0.717) is 18.0 Å². The Labute approximate surface area is 170 Å². The summed E-state index contributed by atoms with van der Waals surface area (Å²) in [7, 11) is 5.07. The van der Waals surface area contributed by atoms with Gasteiger partial charge in [-0.3, -0.25) is 4.79 Å². The van der Waals surface area contributed by atoms with Crippen LogP contribution in [-0.4, -0.2) is 36.6 Å². The van der Waals surface area contributed by atoms with Crippen LogP contribution in [0.5, 0.6) is 11.5 Å². The van der Waals surface area contributed by atoms with Crippen LogP contribution >= 0.6 is 11.3 Å². The van der Waals surface area contributed by atoms with Crippen LogP contribution in [0.1, 0.15) is 32.2 Å². The van der Waals surface area contributed by atoms with E-state index in [1.807, 2.05) is 37.6 Å². The van der Waals surface area contributed by atoms with Crippen LogP contribution in [0.15, 0.2) is 35.7 Å². The quantitative estimate of drug-likeness (QED) is 0.602. The average molecular weight is 399 g/mol. The standard InChI is InChI=1S/C22H26N2O3S/c1-14-11-19(26-5)20(27-6)12-17(14)13-23(4)22(25)21-18(9-10-28-21)24-15(2)7-8-16(24)3/h7-12H,13H2,1-6H3. The van der Waals surface area contributed by atoms with Crippen LogP contribution in [0, 0.1) is 20.8 Å². The van der Waals surface area contributed by atoms with Crippen molar-refractivity contribution in [2.24, 2.45) is 0 Å². The van der Waals surface area contributed by atoms with Crippen LogP contribution in [0.4, 0.5) is 0 Å². The van der Waals surface area contributed by atoms with Gasteiger partial charge in [0, 0.05) is 25.0 Å². The van der Waals surface area contributed by atoms with E-state index < -0.39 is 0 Å². The van der Waals surface area contributed by atoms with Gasteiger partial charge in [0.2, 0.25) is 0 Å². The number of carbonyl (C=O) groups excluding carboxylic acids is 1. The molecule has 5 nitrogen and oxygen atoms in total. The lowest BCUT2D eigenvalue weighted by Crippen LogP contribution is -2.27. The number of thiophene rings is 1. The lowest BCUT2D eigenvalue weighted by atomic mass is 10.1. The summed E-state index contributed by atoms with van der Waals surface area (Å²) in [6.07, 6.45) is 0. The number of carbonyl (C=O) groups is 1. The largest absolute Gasteiger partial charge is 0.493 e. The molecule has 6 heteroatoms. The van der Waals surface area contributed by atoms with Crippen LogP contribution in [-0.2, 0) is 6.54 Å². The molecule has 28 heavy (non-hydrogen) atoms. The topological polar surface area (TPSA) is 43.7 Å². The molecule has 0 saturated carbocycles. The zero-order valence-electron chi connectivity index (χ0n) is 17.2. The number of methoxy groups -OCH3 is 2. The number of aryl methyl sites for hydroxylation is 3. The van der Waals surface area contributed by atoms with E-state index in [9.17, 15) is 4.79 Å². The molecule has 0 radical (unpaired) electrons. The van der Waals surface area contributed by atoms with Crippen molar-refractivity contribution in [1.82, 2.24) is 9.47 Å². The van der Waals surface area contributed by atoms with Crippen molar-refractivity contribution in [3.63, 3.8) is 0 Å². The highest BCUT2D eigenvalue weighted by atomic mass is 32.1. The molecule has 1 amide bonds. The first-order valence-electron chi connectivity index (χ1n) is 9.07. The molecule has 0 aliphatic rings. The van der Waals surface area contributed by atoms with Crippen LogP contribution in [0.3, 0.4) is 0 Å². The summed E-state index contributed by atoms with van der Waals surface area (Å²) < 4.78 is 12.9. The van der Waals surface area contributed by atoms with Gasteiger partial charge in [0.1, 0.15) is 4.88 Å². The zero-order chi connectivity index (χ0) is 20.4. The molecule has 0 spiro atoms. The van der Waals surface area contributed by atoms with E-state index in [1.165, 1.54) is 11.3 Å². The molecule has 2 aromatic heterocycles. The maximum atomic E-state index is 13.2. The molecule has 0 unspecified atom stereocenters. The Kier molecular flexibility index (Phi) is 5.79. The molecular weight excluding hydrogens is 372 g/mol. The van der Waals surface area contributed by atoms with E-state index >= 15 is 0 Å². The van der Waals surface area contributed by atoms with Crippen molar-refractivity contribution < 1.29 is 14.3 Å². The van der Waals surface area contributed by atoms with Crippen molar-refractivity contribution in [3.8, 4) is 17.2 Å². The summed E-state index contributed by atoms with van der Waals surface area (Å²) in [5.41, 5.74) is 5.25. The summed E-state index contributed by atoms with van der Waals surface area (Å²) in [5, 5.41) is 1.97. The van der Waals surface area contributed by atoms with Crippen molar-refractivity contribution in [2.75, 3.05) is 21.3 Å². The Hall–Kier alpha value is -2.73. The highest BCUT2D eigenvalue weighted by molar-refractivity contribution is 7.12. The van der Waals surface area contributed by atoms with Gasteiger partial charge in [0.25, 0.3) is 5.91 Å². The van der Waals surface area contributed by atoms with E-state index in [0.717, 1.165) is 33.1 Å². The van der Waals surface area contributed by atoms with E-state index in [1.54, 1.807) is 19.1 Å². The number of ether oxygens (including phenoxy) is 2. The minimum atomic E-state index is 0.00619. The molecule has 0 saturated heterocycles. The normalized spacial score (nSPS) is 10.8. The number of hydrogen-bond acceptors (Lipinski definition) is 4. The summed E-state index contributed by atoms with van der Waals surface area (Å²) >= 11 is 1.47. The van der Waals surface area contributed by atoms with Gasteiger partial charge in [-0.25, -0.2) is 0 Å². The first-order valence-corrected chi connectivity index (χ1v) is 9.95. The second kappa shape index (κ2) is 8.10. The second-order valence-electron chi connectivity index (χ2n) is 6.88. The molecular formula is C22H26N2O3S. The summed E-state index contributed by atoms with van der Waals surface area (Å²) in [6.45, 7) is 6.61. The Bertz CT molecular complexity index is 984. The number of benzene rings is 1. The maximum absolute atomic E-state index is 13.2. The highest BCUT2D eigenvalue weighted by Crippen LogP contribution is 2.31. The molecule has 2 heterocycles. The summed E-state index contributed by atoms with van der Waals surface area (Å²) in [5.74, 6) is 1.36. The predicted octanol–water partition coefficient (Wildman–Crippen LogP) is 4.75. The lowest BCUT2D eigenvalue weighted by Gasteiger charge is -2.20. The minimum absolute atomic E-state index is 0.00619. The van der Waals surface area contributed by atoms with Gasteiger partial charge < -0.3 is 18.9 Å². The van der Waals surface area contributed by atoms with Crippen molar-refractivity contribution in [2.45, 2.75) is 27.3 Å². The third kappa shape index (κ3) is 3.64. The van der Waals surface area contributed by atoms with E-state index in [2.05, 4.69) is 30.5 Å². The molecule has 3 aromatic rings. The summed E-state index contributed by atoms with van der Waals surface area (Å²) in [4.78, 5) is 15.7. The monoisotopic (exact) mass is 398 g/mol.